The van der Waals surface area contributed by atoms with Crippen molar-refractivity contribution >= 4 is 0 Å². The van der Waals surface area contributed by atoms with Crippen LogP contribution in [-0.4, -0.2) is 62.0 Å². The summed E-state index contributed by atoms with van der Waals surface area (Å²) in [6.07, 6.45) is 0.890. The third-order valence-corrected chi connectivity index (χ3v) is 3.20. The molecule has 1 heterocycles. The van der Waals surface area contributed by atoms with E-state index >= 15 is 0 Å². The molecule has 0 spiro atoms. The molecule has 0 saturated carbocycles. The lowest BCUT2D eigenvalue weighted by atomic mass is 10.1. The molecule has 0 aromatic heterocycles. The summed E-state index contributed by atoms with van der Waals surface area (Å²) in [7, 11) is 0. The number of rotatable bonds is 8. The van der Waals surface area contributed by atoms with Gasteiger partial charge in [-0.2, -0.15) is 0 Å². The summed E-state index contributed by atoms with van der Waals surface area (Å²) in [5.74, 6) is 0.639. The number of likely N-dealkylation sites (N-methyl/N-ethyl adjacent to an activating group) is 1. The van der Waals surface area contributed by atoms with Crippen molar-refractivity contribution in [2.75, 3.05) is 45.9 Å². The average molecular weight is 230 g/mol. The fraction of sp³-hybridized carbons (Fsp3) is 1.00. The molecule has 1 aliphatic rings. The molecule has 0 radical (unpaired) electrons. The third-order valence-electron chi connectivity index (χ3n) is 3.20. The van der Waals surface area contributed by atoms with Gasteiger partial charge < -0.3 is 20.1 Å². The lowest BCUT2D eigenvalue weighted by molar-refractivity contribution is 0.115. The Hall–Kier alpha value is -0.160. The van der Waals surface area contributed by atoms with Crippen LogP contribution in [-0.2, 0) is 4.74 Å². The van der Waals surface area contributed by atoms with Crippen LogP contribution in [0.25, 0.3) is 0 Å². The zero-order valence-corrected chi connectivity index (χ0v) is 10.6. The van der Waals surface area contributed by atoms with Crippen LogP contribution < -0.4 is 5.32 Å². The van der Waals surface area contributed by atoms with Gasteiger partial charge in [0.05, 0.1) is 12.7 Å². The highest BCUT2D eigenvalue weighted by atomic mass is 16.5. The summed E-state index contributed by atoms with van der Waals surface area (Å²) in [5, 5.41) is 13.1. The topological polar surface area (TPSA) is 44.7 Å². The van der Waals surface area contributed by atoms with Crippen molar-refractivity contribution in [2.45, 2.75) is 26.4 Å². The monoisotopic (exact) mass is 230 g/mol. The number of nitrogens with zero attached hydrogens (tertiary/aromatic N) is 1. The van der Waals surface area contributed by atoms with Gasteiger partial charge in [0.2, 0.25) is 0 Å². The largest absolute Gasteiger partial charge is 0.390 e. The maximum absolute atomic E-state index is 9.82. The Morgan fingerprint density at radius 2 is 2.19 bits per heavy atom. The minimum Gasteiger partial charge on any atom is -0.390 e. The number of ether oxygens (including phenoxy) is 1. The van der Waals surface area contributed by atoms with Crippen LogP contribution in [0.4, 0.5) is 0 Å². The van der Waals surface area contributed by atoms with Crippen molar-refractivity contribution in [1.82, 2.24) is 10.2 Å². The van der Waals surface area contributed by atoms with E-state index in [9.17, 15) is 5.11 Å². The van der Waals surface area contributed by atoms with E-state index < -0.39 is 0 Å². The maximum Gasteiger partial charge on any atom is 0.0791 e. The molecule has 1 fully saturated rings. The van der Waals surface area contributed by atoms with Crippen molar-refractivity contribution in [1.29, 1.82) is 0 Å². The SMILES string of the molecule is CCN(CC)CC(O)CNCC1CCOC1. The molecule has 0 aromatic carbocycles. The van der Waals surface area contributed by atoms with Gasteiger partial charge in [-0.05, 0) is 25.4 Å². The number of aliphatic hydroxyl groups excluding tert-OH is 1. The standard InChI is InChI=1S/C12H26N2O2/c1-3-14(4-2)9-12(15)8-13-7-11-5-6-16-10-11/h11-13,15H,3-10H2,1-2H3. The normalized spacial score (nSPS) is 22.9. The van der Waals surface area contributed by atoms with Gasteiger partial charge in [0.15, 0.2) is 0 Å². The molecule has 1 saturated heterocycles. The molecule has 4 nitrogen and oxygen atoms in total. The molecule has 96 valence electrons. The third kappa shape index (κ3) is 5.25. The molecule has 1 aliphatic heterocycles. The Morgan fingerprint density at radius 1 is 1.44 bits per heavy atom. The number of nitrogens with one attached hydrogen (secondary N) is 1. The molecular weight excluding hydrogens is 204 g/mol. The van der Waals surface area contributed by atoms with Gasteiger partial charge in [-0.25, -0.2) is 0 Å². The van der Waals surface area contributed by atoms with E-state index in [4.69, 9.17) is 4.74 Å². The Kier molecular flexibility index (Phi) is 6.96. The molecule has 1 rings (SSSR count). The molecule has 2 atom stereocenters. The predicted octanol–water partition coefficient (Wildman–Crippen LogP) is 0.315. The van der Waals surface area contributed by atoms with Crippen LogP contribution in [0.2, 0.25) is 0 Å². The summed E-state index contributed by atoms with van der Waals surface area (Å²) >= 11 is 0. The molecule has 0 aromatic rings. The van der Waals surface area contributed by atoms with E-state index in [1.54, 1.807) is 0 Å². The second-order valence-corrected chi connectivity index (χ2v) is 4.53. The van der Waals surface area contributed by atoms with E-state index in [0.717, 1.165) is 45.8 Å². The first kappa shape index (κ1) is 13.9. The molecule has 2 N–H and O–H groups in total. The lowest BCUT2D eigenvalue weighted by Crippen LogP contribution is -2.39. The van der Waals surface area contributed by atoms with Crippen molar-refractivity contribution in [2.24, 2.45) is 5.92 Å². The number of hydrogen-bond donors (Lipinski definition) is 2. The lowest BCUT2D eigenvalue weighted by Gasteiger charge is -2.22. The summed E-state index contributed by atoms with van der Waals surface area (Å²) in [4.78, 5) is 2.24. The summed E-state index contributed by atoms with van der Waals surface area (Å²) < 4.78 is 5.30. The van der Waals surface area contributed by atoms with Gasteiger partial charge in [-0.15, -0.1) is 0 Å². The Bertz CT molecular complexity index is 168. The highest BCUT2D eigenvalue weighted by Gasteiger charge is 2.15. The Labute approximate surface area is 99.0 Å². The van der Waals surface area contributed by atoms with Gasteiger partial charge >= 0.3 is 0 Å². The van der Waals surface area contributed by atoms with Crippen molar-refractivity contribution in [3.8, 4) is 0 Å². The summed E-state index contributed by atoms with van der Waals surface area (Å²) in [5.41, 5.74) is 0. The zero-order chi connectivity index (χ0) is 11.8. The van der Waals surface area contributed by atoms with Gasteiger partial charge in [-0.3, -0.25) is 0 Å². The first-order valence-electron chi connectivity index (χ1n) is 6.45. The Morgan fingerprint density at radius 3 is 2.75 bits per heavy atom. The first-order valence-corrected chi connectivity index (χ1v) is 6.45. The fourth-order valence-electron chi connectivity index (χ4n) is 2.04. The van der Waals surface area contributed by atoms with Gasteiger partial charge in [0.25, 0.3) is 0 Å². The molecule has 0 amide bonds. The molecule has 4 heteroatoms. The minimum absolute atomic E-state index is 0.262. The number of aliphatic hydroxyl groups is 1. The quantitative estimate of drug-likeness (QED) is 0.630. The highest BCUT2D eigenvalue weighted by Crippen LogP contribution is 2.10. The summed E-state index contributed by atoms with van der Waals surface area (Å²) in [6, 6.07) is 0. The fourth-order valence-corrected chi connectivity index (χ4v) is 2.04. The smallest absolute Gasteiger partial charge is 0.0791 e. The molecular formula is C12H26N2O2. The van der Waals surface area contributed by atoms with Crippen LogP contribution in [0.1, 0.15) is 20.3 Å². The van der Waals surface area contributed by atoms with Crippen molar-refractivity contribution < 1.29 is 9.84 Å². The summed E-state index contributed by atoms with van der Waals surface area (Å²) in [6.45, 7) is 10.4. The van der Waals surface area contributed by atoms with Crippen molar-refractivity contribution in [3.63, 3.8) is 0 Å². The Balaban J connectivity index is 2.02. The zero-order valence-electron chi connectivity index (χ0n) is 10.6. The molecule has 0 aliphatic carbocycles. The van der Waals surface area contributed by atoms with Crippen LogP contribution in [0.5, 0.6) is 0 Å². The molecule has 2 unspecified atom stereocenters. The van der Waals surface area contributed by atoms with Crippen LogP contribution in [0.15, 0.2) is 0 Å². The van der Waals surface area contributed by atoms with Gasteiger partial charge in [-0.1, -0.05) is 13.8 Å². The van der Waals surface area contributed by atoms with Crippen molar-refractivity contribution in [3.05, 3.63) is 0 Å². The maximum atomic E-state index is 9.82. The van der Waals surface area contributed by atoms with Crippen LogP contribution >= 0.6 is 0 Å². The second kappa shape index (κ2) is 8.01. The molecule has 0 bridgehead atoms. The van der Waals surface area contributed by atoms with Crippen LogP contribution in [0.3, 0.4) is 0 Å². The average Bonchev–Trinajstić information content (AvgIpc) is 2.79. The van der Waals surface area contributed by atoms with E-state index in [0.29, 0.717) is 12.5 Å². The predicted molar refractivity (Wildman–Crippen MR) is 65.6 cm³/mol. The van der Waals surface area contributed by atoms with Gasteiger partial charge in [0, 0.05) is 26.2 Å². The van der Waals surface area contributed by atoms with E-state index in [1.165, 1.54) is 0 Å². The second-order valence-electron chi connectivity index (χ2n) is 4.53. The van der Waals surface area contributed by atoms with E-state index in [1.807, 2.05) is 0 Å². The number of hydrogen-bond acceptors (Lipinski definition) is 4. The minimum atomic E-state index is -0.262. The van der Waals surface area contributed by atoms with E-state index in [2.05, 4.69) is 24.1 Å². The van der Waals surface area contributed by atoms with Crippen LogP contribution in [0, 0.1) is 5.92 Å². The van der Waals surface area contributed by atoms with Gasteiger partial charge in [0.1, 0.15) is 0 Å². The molecule has 16 heavy (non-hydrogen) atoms. The first-order chi connectivity index (χ1) is 7.76. The highest BCUT2D eigenvalue weighted by molar-refractivity contribution is 4.70. The van der Waals surface area contributed by atoms with E-state index in [-0.39, 0.29) is 6.10 Å².